The van der Waals surface area contributed by atoms with E-state index in [4.69, 9.17) is 32.7 Å². The van der Waals surface area contributed by atoms with Gasteiger partial charge >= 0.3 is 5.97 Å². The predicted octanol–water partition coefficient (Wildman–Crippen LogP) is 4.74. The minimum absolute atomic E-state index is 0.0113. The summed E-state index contributed by atoms with van der Waals surface area (Å²) in [5, 5.41) is 0.930. The number of nitrogens with zero attached hydrogens (tertiary/aromatic N) is 2. The van der Waals surface area contributed by atoms with Gasteiger partial charge in [0.15, 0.2) is 0 Å². The number of halogens is 2. The number of methoxy groups -OCH3 is 1. The van der Waals surface area contributed by atoms with Crippen LogP contribution in [0.15, 0.2) is 65.6 Å². The second-order valence-electron chi connectivity index (χ2n) is 9.12. The minimum Gasteiger partial charge on any atom is -0.488 e. The number of benzene rings is 3. The average molecular weight is 592 g/mol. The molecule has 0 spiro atoms. The highest BCUT2D eigenvalue weighted by Crippen LogP contribution is 2.27. The van der Waals surface area contributed by atoms with Crippen LogP contribution in [0.2, 0.25) is 10.0 Å². The van der Waals surface area contributed by atoms with Crippen molar-refractivity contribution in [3.05, 3.63) is 93.0 Å². The van der Waals surface area contributed by atoms with Crippen molar-refractivity contribution in [2.45, 2.75) is 24.8 Å². The fourth-order valence-electron chi connectivity index (χ4n) is 4.17. The molecule has 0 radical (unpaired) electrons. The molecular formula is C28H28Cl2N2O6S. The topological polar surface area (TPSA) is 93.2 Å². The first-order valence-corrected chi connectivity index (χ1v) is 14.4. The summed E-state index contributed by atoms with van der Waals surface area (Å²) < 4.78 is 38.3. The van der Waals surface area contributed by atoms with E-state index in [1.54, 1.807) is 65.6 Å². The van der Waals surface area contributed by atoms with Crippen LogP contribution in [0.3, 0.4) is 0 Å². The molecule has 0 aliphatic carbocycles. The second-order valence-corrected chi connectivity index (χ2v) is 11.9. The van der Waals surface area contributed by atoms with Gasteiger partial charge in [-0.15, -0.1) is 0 Å². The second kappa shape index (κ2) is 12.4. The Labute approximate surface area is 238 Å². The highest BCUT2D eigenvalue weighted by atomic mass is 35.5. The third-order valence-electron chi connectivity index (χ3n) is 6.43. The van der Waals surface area contributed by atoms with Crippen LogP contribution < -0.4 is 4.74 Å². The van der Waals surface area contributed by atoms with E-state index >= 15 is 0 Å². The predicted molar refractivity (Wildman–Crippen MR) is 149 cm³/mol. The van der Waals surface area contributed by atoms with Gasteiger partial charge in [0.1, 0.15) is 12.4 Å². The van der Waals surface area contributed by atoms with Gasteiger partial charge in [-0.05, 0) is 48.9 Å². The van der Waals surface area contributed by atoms with Crippen LogP contribution in [0.4, 0.5) is 0 Å². The van der Waals surface area contributed by atoms with Crippen LogP contribution in [0.1, 0.15) is 27.0 Å². The Morgan fingerprint density at radius 3 is 2.26 bits per heavy atom. The number of carbonyl (C=O) groups is 2. The molecule has 3 aromatic carbocycles. The van der Waals surface area contributed by atoms with E-state index in [1.807, 2.05) is 6.92 Å². The van der Waals surface area contributed by atoms with Crippen molar-refractivity contribution in [2.75, 3.05) is 33.3 Å². The Kier molecular flexibility index (Phi) is 9.17. The molecule has 1 heterocycles. The number of hydrogen-bond donors (Lipinski definition) is 0. The number of rotatable bonds is 8. The molecule has 0 aromatic heterocycles. The van der Waals surface area contributed by atoms with E-state index in [1.165, 1.54) is 11.4 Å². The van der Waals surface area contributed by atoms with Crippen LogP contribution in [-0.2, 0) is 32.6 Å². The molecule has 0 saturated carbocycles. The van der Waals surface area contributed by atoms with Gasteiger partial charge in [0.25, 0.3) is 5.91 Å². The summed E-state index contributed by atoms with van der Waals surface area (Å²) >= 11 is 12.3. The summed E-state index contributed by atoms with van der Waals surface area (Å²) in [6.45, 7) is 2.69. The third kappa shape index (κ3) is 6.91. The molecule has 1 amide bonds. The highest BCUT2D eigenvalue weighted by molar-refractivity contribution is 7.89. The zero-order chi connectivity index (χ0) is 28.2. The summed E-state index contributed by atoms with van der Waals surface area (Å²) in [6.07, 6.45) is -0.0113. The summed E-state index contributed by atoms with van der Waals surface area (Å²) in [4.78, 5) is 27.3. The molecule has 39 heavy (non-hydrogen) atoms. The molecule has 0 N–H and O–H groups in total. The first-order valence-electron chi connectivity index (χ1n) is 12.2. The normalized spacial score (nSPS) is 14.2. The number of amides is 1. The molecule has 0 bridgehead atoms. The highest BCUT2D eigenvalue weighted by Gasteiger charge is 2.31. The van der Waals surface area contributed by atoms with Gasteiger partial charge in [-0.25, -0.2) is 8.42 Å². The Morgan fingerprint density at radius 1 is 0.923 bits per heavy atom. The maximum Gasteiger partial charge on any atom is 0.309 e. The molecule has 0 unspecified atom stereocenters. The molecular weight excluding hydrogens is 563 g/mol. The Balaban J connectivity index is 1.52. The number of piperazine rings is 1. The molecule has 1 aliphatic rings. The fourth-order valence-corrected chi connectivity index (χ4v) is 6.06. The quantitative estimate of drug-likeness (QED) is 0.352. The monoisotopic (exact) mass is 590 g/mol. The van der Waals surface area contributed by atoms with E-state index in [0.717, 1.165) is 5.56 Å². The van der Waals surface area contributed by atoms with Gasteiger partial charge in [0.2, 0.25) is 10.0 Å². The summed E-state index contributed by atoms with van der Waals surface area (Å²) in [6, 6.07) is 16.7. The lowest BCUT2D eigenvalue weighted by Crippen LogP contribution is -2.50. The molecule has 8 nitrogen and oxygen atoms in total. The van der Waals surface area contributed by atoms with Crippen LogP contribution in [-0.4, -0.2) is 62.8 Å². The summed E-state index contributed by atoms with van der Waals surface area (Å²) in [7, 11) is -2.38. The Hall–Kier alpha value is -3.11. The largest absolute Gasteiger partial charge is 0.488 e. The average Bonchev–Trinajstić information content (AvgIpc) is 2.93. The van der Waals surface area contributed by atoms with Gasteiger partial charge in [0, 0.05) is 41.8 Å². The lowest BCUT2D eigenvalue weighted by atomic mass is 10.1. The molecule has 1 saturated heterocycles. The Bertz CT molecular complexity index is 1470. The van der Waals surface area contributed by atoms with Gasteiger partial charge < -0.3 is 14.4 Å². The van der Waals surface area contributed by atoms with Gasteiger partial charge in [0.05, 0.1) is 24.0 Å². The van der Waals surface area contributed by atoms with Crippen LogP contribution in [0.25, 0.3) is 0 Å². The summed E-state index contributed by atoms with van der Waals surface area (Å²) in [5.74, 6) is -0.453. The zero-order valence-electron chi connectivity index (χ0n) is 21.5. The first-order chi connectivity index (χ1) is 18.6. The van der Waals surface area contributed by atoms with Gasteiger partial charge in [-0.1, -0.05) is 53.0 Å². The SMILES string of the molecule is COC(=O)Cc1ccc(OCc2ccc(Cl)cc2Cl)c(C(=O)N2CCN(S(=O)(=O)c3ccc(C)cc3)CC2)c1. The zero-order valence-corrected chi connectivity index (χ0v) is 23.9. The van der Waals surface area contributed by atoms with E-state index in [9.17, 15) is 18.0 Å². The van der Waals surface area contributed by atoms with Crippen molar-refractivity contribution in [3.8, 4) is 5.75 Å². The smallest absolute Gasteiger partial charge is 0.309 e. The van der Waals surface area contributed by atoms with Crippen molar-refractivity contribution < 1.29 is 27.5 Å². The van der Waals surface area contributed by atoms with E-state index in [-0.39, 0.29) is 55.6 Å². The molecule has 11 heteroatoms. The van der Waals surface area contributed by atoms with Crippen molar-refractivity contribution in [2.24, 2.45) is 0 Å². The van der Waals surface area contributed by atoms with E-state index in [0.29, 0.717) is 26.9 Å². The number of ether oxygens (including phenoxy) is 2. The molecule has 1 aliphatic heterocycles. The number of hydrogen-bond acceptors (Lipinski definition) is 6. The standard InChI is InChI=1S/C28H28Cl2N2O6S/c1-19-3-8-23(9-4-19)39(35,36)32-13-11-31(12-14-32)28(34)24-15-20(16-27(33)37-2)5-10-26(24)38-18-21-6-7-22(29)17-25(21)30/h3-10,15,17H,11-14,16,18H2,1-2H3. The summed E-state index contributed by atoms with van der Waals surface area (Å²) in [5.41, 5.74) is 2.50. The fraction of sp³-hybridized carbons (Fsp3) is 0.286. The molecule has 4 rings (SSSR count). The van der Waals surface area contributed by atoms with Gasteiger partial charge in [-0.3, -0.25) is 9.59 Å². The molecule has 1 fully saturated rings. The third-order valence-corrected chi connectivity index (χ3v) is 8.93. The van der Waals surface area contributed by atoms with E-state index in [2.05, 4.69) is 0 Å². The Morgan fingerprint density at radius 2 is 1.62 bits per heavy atom. The van der Waals surface area contributed by atoms with Crippen LogP contribution in [0, 0.1) is 6.92 Å². The molecule has 206 valence electrons. The number of carbonyl (C=O) groups excluding carboxylic acids is 2. The molecule has 3 aromatic rings. The number of aryl methyl sites for hydroxylation is 1. The number of esters is 1. The van der Waals surface area contributed by atoms with Crippen molar-refractivity contribution in [1.82, 2.24) is 9.21 Å². The molecule has 0 atom stereocenters. The maximum absolute atomic E-state index is 13.6. The van der Waals surface area contributed by atoms with Gasteiger partial charge in [-0.2, -0.15) is 4.31 Å². The lowest BCUT2D eigenvalue weighted by molar-refractivity contribution is -0.139. The van der Waals surface area contributed by atoms with Crippen LogP contribution >= 0.6 is 23.2 Å². The number of sulfonamides is 1. The van der Waals surface area contributed by atoms with Crippen molar-refractivity contribution >= 4 is 45.1 Å². The van der Waals surface area contributed by atoms with Crippen molar-refractivity contribution in [1.29, 1.82) is 0 Å². The first kappa shape index (κ1) is 28.9. The van der Waals surface area contributed by atoms with E-state index < -0.39 is 16.0 Å². The minimum atomic E-state index is -3.67. The van der Waals surface area contributed by atoms with Crippen LogP contribution in [0.5, 0.6) is 5.75 Å². The maximum atomic E-state index is 13.6. The van der Waals surface area contributed by atoms with Crippen molar-refractivity contribution in [3.63, 3.8) is 0 Å². The lowest BCUT2D eigenvalue weighted by Gasteiger charge is -2.34.